The maximum absolute atomic E-state index is 11.4. The highest BCUT2D eigenvalue weighted by Gasteiger charge is 2.11. The van der Waals surface area contributed by atoms with Crippen molar-refractivity contribution in [1.29, 1.82) is 0 Å². The molecule has 0 aliphatic rings. The summed E-state index contributed by atoms with van der Waals surface area (Å²) >= 11 is 0. The van der Waals surface area contributed by atoms with Gasteiger partial charge in [0, 0.05) is 10.9 Å². The molecule has 1 aromatic carbocycles. The minimum absolute atomic E-state index is 0.172. The molecule has 0 saturated carbocycles. The van der Waals surface area contributed by atoms with Gasteiger partial charge in [-0.15, -0.1) is 0 Å². The maximum Gasteiger partial charge on any atom is 0.267 e. The number of primary amides is 1. The smallest absolute Gasteiger partial charge is 0.267 e. The Hall–Kier alpha value is -4.07. The van der Waals surface area contributed by atoms with Gasteiger partial charge in [0.25, 0.3) is 5.91 Å². The number of carbonyl (C=O) groups is 1. The second kappa shape index (κ2) is 6.92. The summed E-state index contributed by atoms with van der Waals surface area (Å²) < 4.78 is 1.65. The van der Waals surface area contributed by atoms with Gasteiger partial charge < -0.3 is 10.9 Å². The third-order valence-corrected chi connectivity index (χ3v) is 4.34. The number of hydrogen-bond acceptors (Lipinski definition) is 6. The minimum Gasteiger partial charge on any atom is -0.411 e. The van der Waals surface area contributed by atoms with Crippen LogP contribution in [0, 0.1) is 0 Å². The van der Waals surface area contributed by atoms with Gasteiger partial charge in [-0.2, -0.15) is 5.10 Å². The predicted molar refractivity (Wildman–Crippen MR) is 105 cm³/mol. The lowest BCUT2D eigenvalue weighted by Crippen LogP contribution is -2.14. The molecule has 3 N–H and O–H groups in total. The van der Waals surface area contributed by atoms with Crippen LogP contribution in [0.2, 0.25) is 0 Å². The summed E-state index contributed by atoms with van der Waals surface area (Å²) in [6, 6.07) is 16.4. The van der Waals surface area contributed by atoms with Crippen LogP contribution in [0.5, 0.6) is 0 Å². The molecule has 1 amide bonds. The van der Waals surface area contributed by atoms with Crippen LogP contribution in [0.25, 0.3) is 28.0 Å². The van der Waals surface area contributed by atoms with Gasteiger partial charge in [-0.05, 0) is 37.3 Å². The number of aromatic nitrogens is 4. The number of fused-ring (bicyclic) bond motifs is 1. The second-order valence-corrected chi connectivity index (χ2v) is 6.17. The van der Waals surface area contributed by atoms with Crippen molar-refractivity contribution < 1.29 is 10.0 Å². The van der Waals surface area contributed by atoms with Crippen LogP contribution in [0.3, 0.4) is 0 Å². The van der Waals surface area contributed by atoms with Crippen molar-refractivity contribution in [2.45, 2.75) is 6.92 Å². The van der Waals surface area contributed by atoms with E-state index in [9.17, 15) is 4.79 Å². The van der Waals surface area contributed by atoms with Gasteiger partial charge in [0.05, 0.1) is 23.1 Å². The zero-order valence-corrected chi connectivity index (χ0v) is 14.9. The second-order valence-electron chi connectivity index (χ2n) is 6.17. The standard InChI is InChI=1S/C20H16N6O2/c1-12(25-28)15-4-2-5-16(23-15)13-8-9-14-11-22-26(18(14)10-13)19-7-3-6-17(24-19)20(21)27/h2-11,28H,1H3,(H2,21,27)/b25-12+. The Kier molecular flexibility index (Phi) is 4.29. The molecular weight excluding hydrogens is 356 g/mol. The molecule has 8 nitrogen and oxygen atoms in total. The van der Waals surface area contributed by atoms with Gasteiger partial charge in [0.2, 0.25) is 0 Å². The quantitative estimate of drug-likeness (QED) is 0.324. The van der Waals surface area contributed by atoms with Crippen LogP contribution in [-0.2, 0) is 0 Å². The van der Waals surface area contributed by atoms with Crippen LogP contribution in [-0.4, -0.2) is 36.6 Å². The van der Waals surface area contributed by atoms with Gasteiger partial charge >= 0.3 is 0 Å². The van der Waals surface area contributed by atoms with Crippen molar-refractivity contribution in [3.05, 3.63) is 72.2 Å². The Balaban J connectivity index is 1.83. The maximum atomic E-state index is 11.4. The molecular formula is C20H16N6O2. The number of rotatable bonds is 4. The topological polar surface area (TPSA) is 119 Å². The van der Waals surface area contributed by atoms with Crippen LogP contribution >= 0.6 is 0 Å². The Morgan fingerprint density at radius 2 is 1.86 bits per heavy atom. The van der Waals surface area contributed by atoms with E-state index in [1.165, 1.54) is 0 Å². The van der Waals surface area contributed by atoms with Crippen molar-refractivity contribution in [1.82, 2.24) is 19.7 Å². The van der Waals surface area contributed by atoms with Gasteiger partial charge in [0.15, 0.2) is 5.82 Å². The highest BCUT2D eigenvalue weighted by molar-refractivity contribution is 5.97. The van der Waals surface area contributed by atoms with Gasteiger partial charge in [0.1, 0.15) is 11.4 Å². The number of nitrogens with two attached hydrogens (primary N) is 1. The number of amides is 1. The van der Waals surface area contributed by atoms with Crippen LogP contribution in [0.4, 0.5) is 0 Å². The molecule has 138 valence electrons. The summed E-state index contributed by atoms with van der Waals surface area (Å²) in [5, 5.41) is 17.5. The van der Waals surface area contributed by atoms with Crippen molar-refractivity contribution in [2.24, 2.45) is 10.9 Å². The summed E-state index contributed by atoms with van der Waals surface area (Å²) in [6.07, 6.45) is 1.73. The summed E-state index contributed by atoms with van der Waals surface area (Å²) in [4.78, 5) is 20.3. The highest BCUT2D eigenvalue weighted by atomic mass is 16.4. The van der Waals surface area contributed by atoms with Gasteiger partial charge in [-0.3, -0.25) is 4.79 Å². The molecule has 0 radical (unpaired) electrons. The first-order chi connectivity index (χ1) is 13.6. The lowest BCUT2D eigenvalue weighted by Gasteiger charge is -2.07. The molecule has 0 aliphatic heterocycles. The van der Waals surface area contributed by atoms with Crippen LogP contribution < -0.4 is 5.73 Å². The van der Waals surface area contributed by atoms with E-state index in [2.05, 4.69) is 20.2 Å². The van der Waals surface area contributed by atoms with Crippen LogP contribution in [0.15, 0.2) is 65.9 Å². The van der Waals surface area contributed by atoms with E-state index in [0.717, 1.165) is 22.2 Å². The average molecular weight is 372 g/mol. The zero-order valence-electron chi connectivity index (χ0n) is 14.9. The molecule has 0 fully saturated rings. The molecule has 0 aliphatic carbocycles. The fourth-order valence-corrected chi connectivity index (χ4v) is 2.89. The van der Waals surface area contributed by atoms with E-state index in [1.807, 2.05) is 30.3 Å². The SMILES string of the molecule is C/C(=N\O)c1cccc(-c2ccc3cnn(-c4cccc(C(N)=O)n4)c3c2)n1. The first-order valence-corrected chi connectivity index (χ1v) is 8.48. The number of carbonyl (C=O) groups excluding carboxylic acids is 1. The summed E-state index contributed by atoms with van der Waals surface area (Å²) in [6.45, 7) is 1.68. The van der Waals surface area contributed by atoms with Crippen molar-refractivity contribution in [3.63, 3.8) is 0 Å². The molecule has 3 heterocycles. The first kappa shape index (κ1) is 17.3. The average Bonchev–Trinajstić information content (AvgIpc) is 3.16. The minimum atomic E-state index is -0.596. The third kappa shape index (κ3) is 3.07. The fraction of sp³-hybridized carbons (Fsp3) is 0.0500. The monoisotopic (exact) mass is 372 g/mol. The van der Waals surface area contributed by atoms with Crippen molar-refractivity contribution in [3.8, 4) is 17.1 Å². The van der Waals surface area contributed by atoms with E-state index in [1.54, 1.807) is 42.1 Å². The molecule has 0 unspecified atom stereocenters. The zero-order chi connectivity index (χ0) is 19.7. The molecule has 0 saturated heterocycles. The number of pyridine rings is 2. The molecule has 8 heteroatoms. The number of oxime groups is 1. The molecule has 0 bridgehead atoms. The summed E-state index contributed by atoms with van der Waals surface area (Å²) in [5.41, 5.74) is 8.93. The number of benzene rings is 1. The van der Waals surface area contributed by atoms with Crippen molar-refractivity contribution in [2.75, 3.05) is 0 Å². The van der Waals surface area contributed by atoms with Gasteiger partial charge in [-0.25, -0.2) is 14.6 Å². The lowest BCUT2D eigenvalue weighted by molar-refractivity contribution is 0.0995. The molecule has 3 aromatic heterocycles. The molecule has 0 atom stereocenters. The van der Waals surface area contributed by atoms with Gasteiger partial charge in [-0.1, -0.05) is 29.4 Å². The molecule has 4 aromatic rings. The summed E-state index contributed by atoms with van der Waals surface area (Å²) in [7, 11) is 0. The lowest BCUT2D eigenvalue weighted by atomic mass is 10.1. The third-order valence-electron chi connectivity index (χ3n) is 4.34. The van der Waals surface area contributed by atoms with E-state index < -0.39 is 5.91 Å². The normalized spacial score (nSPS) is 11.7. The van der Waals surface area contributed by atoms with Crippen LogP contribution in [0.1, 0.15) is 23.1 Å². The molecule has 28 heavy (non-hydrogen) atoms. The Labute approximate surface area is 160 Å². The Bertz CT molecular complexity index is 1230. The summed E-state index contributed by atoms with van der Waals surface area (Å²) in [5.74, 6) is -0.102. The van der Waals surface area contributed by atoms with Crippen molar-refractivity contribution >= 4 is 22.5 Å². The largest absolute Gasteiger partial charge is 0.411 e. The fourth-order valence-electron chi connectivity index (χ4n) is 2.89. The molecule has 4 rings (SSSR count). The number of hydrogen-bond donors (Lipinski definition) is 2. The van der Waals surface area contributed by atoms with E-state index in [0.29, 0.717) is 17.2 Å². The molecule has 0 spiro atoms. The highest BCUT2D eigenvalue weighted by Crippen LogP contribution is 2.25. The first-order valence-electron chi connectivity index (χ1n) is 8.48. The van der Waals surface area contributed by atoms with E-state index in [4.69, 9.17) is 10.9 Å². The predicted octanol–water partition coefficient (Wildman–Crippen LogP) is 2.78. The van der Waals surface area contributed by atoms with E-state index >= 15 is 0 Å². The Morgan fingerprint density at radius 1 is 1.07 bits per heavy atom. The Morgan fingerprint density at radius 3 is 2.64 bits per heavy atom. The number of nitrogens with zero attached hydrogens (tertiary/aromatic N) is 5. The van der Waals surface area contributed by atoms with E-state index in [-0.39, 0.29) is 5.69 Å².